The van der Waals surface area contributed by atoms with Gasteiger partial charge < -0.3 is 10.6 Å². The summed E-state index contributed by atoms with van der Waals surface area (Å²) in [5.41, 5.74) is 0.106. The number of carbonyl (C=O) groups excluding carboxylic acids is 3. The summed E-state index contributed by atoms with van der Waals surface area (Å²) in [6, 6.07) is 6.81. The van der Waals surface area contributed by atoms with Gasteiger partial charge in [0.15, 0.2) is 0 Å². The number of fused-ring (bicyclic) bond motifs is 1. The van der Waals surface area contributed by atoms with E-state index in [0.717, 1.165) is 16.4 Å². The predicted octanol–water partition coefficient (Wildman–Crippen LogP) is 2.59. The number of nitrogens with one attached hydrogen (secondary N) is 2. The summed E-state index contributed by atoms with van der Waals surface area (Å²) in [5.74, 6) is -2.44. The molecular formula is C19H18FN3O5S. The molecule has 0 bridgehead atoms. The molecule has 0 aromatic heterocycles. The van der Waals surface area contributed by atoms with Crippen LogP contribution in [-0.2, 0) is 14.8 Å². The second-order valence-corrected chi connectivity index (χ2v) is 8.52. The molecule has 0 radical (unpaired) electrons. The number of rotatable bonds is 4. The maximum atomic E-state index is 13.7. The summed E-state index contributed by atoms with van der Waals surface area (Å²) < 4.78 is 39.8. The van der Waals surface area contributed by atoms with Gasteiger partial charge in [0, 0.05) is 24.2 Å². The average Bonchev–Trinajstić information content (AvgIpc) is 2.83. The number of anilines is 2. The summed E-state index contributed by atoms with van der Waals surface area (Å²) in [7, 11) is -4.04. The molecule has 2 aromatic carbocycles. The molecule has 0 aliphatic carbocycles. The van der Waals surface area contributed by atoms with Crippen LogP contribution in [0.4, 0.5) is 15.8 Å². The normalized spacial score (nSPS) is 14.7. The van der Waals surface area contributed by atoms with Gasteiger partial charge in [-0.15, -0.1) is 0 Å². The van der Waals surface area contributed by atoms with Gasteiger partial charge >= 0.3 is 0 Å². The van der Waals surface area contributed by atoms with Crippen molar-refractivity contribution < 1.29 is 27.2 Å². The molecule has 3 amide bonds. The second-order valence-electron chi connectivity index (χ2n) is 6.74. The van der Waals surface area contributed by atoms with Crippen molar-refractivity contribution in [3.63, 3.8) is 0 Å². The van der Waals surface area contributed by atoms with Gasteiger partial charge in [-0.25, -0.2) is 17.1 Å². The van der Waals surface area contributed by atoms with E-state index in [1.54, 1.807) is 13.8 Å². The average molecular weight is 419 g/mol. The largest absolute Gasteiger partial charge is 0.324 e. The summed E-state index contributed by atoms with van der Waals surface area (Å²) in [5, 5.41) is 4.82. The molecule has 10 heteroatoms. The van der Waals surface area contributed by atoms with Gasteiger partial charge in [-0.1, -0.05) is 0 Å². The van der Waals surface area contributed by atoms with Gasteiger partial charge in [-0.2, -0.15) is 0 Å². The molecule has 0 atom stereocenters. The van der Waals surface area contributed by atoms with Gasteiger partial charge in [0.25, 0.3) is 21.8 Å². The molecule has 0 saturated heterocycles. The van der Waals surface area contributed by atoms with Crippen LogP contribution in [0.3, 0.4) is 0 Å². The van der Waals surface area contributed by atoms with Crippen LogP contribution in [0.5, 0.6) is 0 Å². The molecular weight excluding hydrogens is 401 g/mol. The monoisotopic (exact) mass is 419 g/mol. The lowest BCUT2D eigenvalue weighted by Gasteiger charge is -2.18. The third-order valence-electron chi connectivity index (χ3n) is 4.22. The highest BCUT2D eigenvalue weighted by molar-refractivity contribution is 7.90. The number of nitrogens with zero attached hydrogens (tertiary/aromatic N) is 1. The minimum absolute atomic E-state index is 0.00461. The highest BCUT2D eigenvalue weighted by Crippen LogP contribution is 2.32. The highest BCUT2D eigenvalue weighted by atomic mass is 32.2. The quantitative estimate of drug-likeness (QED) is 0.791. The fraction of sp³-hybridized carbons (Fsp3) is 0.211. The fourth-order valence-corrected chi connectivity index (χ4v) is 4.78. The minimum Gasteiger partial charge on any atom is -0.324 e. The van der Waals surface area contributed by atoms with E-state index in [1.807, 2.05) is 0 Å². The Kier molecular flexibility index (Phi) is 5.14. The third kappa shape index (κ3) is 3.70. The number of hydrogen-bond acceptors (Lipinski definition) is 5. The maximum absolute atomic E-state index is 13.7. The zero-order chi connectivity index (χ0) is 21.5. The van der Waals surface area contributed by atoms with E-state index in [0.29, 0.717) is 0 Å². The zero-order valence-corrected chi connectivity index (χ0v) is 16.6. The van der Waals surface area contributed by atoms with E-state index in [2.05, 4.69) is 10.6 Å². The first-order valence-corrected chi connectivity index (χ1v) is 10.1. The van der Waals surface area contributed by atoms with E-state index in [9.17, 15) is 27.2 Å². The molecule has 1 heterocycles. The van der Waals surface area contributed by atoms with Crippen molar-refractivity contribution in [2.24, 2.45) is 0 Å². The first kappa shape index (κ1) is 20.5. The zero-order valence-electron chi connectivity index (χ0n) is 15.8. The highest BCUT2D eigenvalue weighted by Gasteiger charge is 2.42. The Bertz CT molecular complexity index is 1140. The van der Waals surface area contributed by atoms with Crippen LogP contribution in [0.1, 0.15) is 41.5 Å². The number of sulfonamides is 1. The van der Waals surface area contributed by atoms with E-state index >= 15 is 0 Å². The maximum Gasteiger partial charge on any atom is 0.269 e. The molecule has 2 N–H and O–H groups in total. The van der Waals surface area contributed by atoms with Gasteiger partial charge in [-0.3, -0.25) is 14.4 Å². The number of halogens is 1. The van der Waals surface area contributed by atoms with Crippen molar-refractivity contribution in [1.82, 2.24) is 4.31 Å². The summed E-state index contributed by atoms with van der Waals surface area (Å²) in [6.45, 7) is 4.38. The summed E-state index contributed by atoms with van der Waals surface area (Å²) >= 11 is 0. The Morgan fingerprint density at radius 1 is 1.07 bits per heavy atom. The molecule has 2 aromatic rings. The Hall–Kier alpha value is -3.27. The van der Waals surface area contributed by atoms with Crippen LogP contribution in [0.2, 0.25) is 0 Å². The van der Waals surface area contributed by atoms with Crippen LogP contribution < -0.4 is 10.6 Å². The number of benzene rings is 2. The Morgan fingerprint density at radius 2 is 1.76 bits per heavy atom. The summed E-state index contributed by atoms with van der Waals surface area (Å²) in [6.07, 6.45) is 0. The van der Waals surface area contributed by atoms with Crippen molar-refractivity contribution in [2.45, 2.75) is 31.7 Å². The Morgan fingerprint density at radius 3 is 2.38 bits per heavy atom. The minimum atomic E-state index is -4.04. The van der Waals surface area contributed by atoms with Gasteiger partial charge in [-0.05, 0) is 50.2 Å². The van der Waals surface area contributed by atoms with Crippen molar-refractivity contribution >= 4 is 39.1 Å². The van der Waals surface area contributed by atoms with Crippen LogP contribution >= 0.6 is 0 Å². The van der Waals surface area contributed by atoms with Crippen LogP contribution in [0.25, 0.3) is 0 Å². The lowest BCUT2D eigenvalue weighted by molar-refractivity contribution is -0.114. The standard InChI is InChI=1S/C19H18FN3O5S/c1-10(2)23-19(26)14-6-4-12(8-17(14)29(23,27)28)18(25)22-13-5-7-15(20)16(9-13)21-11(3)24/h4-10H,1-3H3,(H,21,24)(H,22,25). The number of carbonyl (C=O) groups is 3. The molecule has 8 nitrogen and oxygen atoms in total. The van der Waals surface area contributed by atoms with Crippen molar-refractivity contribution in [3.05, 3.63) is 53.3 Å². The summed E-state index contributed by atoms with van der Waals surface area (Å²) in [4.78, 5) is 35.8. The van der Waals surface area contributed by atoms with Crippen molar-refractivity contribution in [1.29, 1.82) is 0 Å². The predicted molar refractivity (Wildman–Crippen MR) is 104 cm³/mol. The van der Waals surface area contributed by atoms with Crippen LogP contribution in [0.15, 0.2) is 41.3 Å². The molecule has 152 valence electrons. The molecule has 3 rings (SSSR count). The number of amides is 3. The Balaban J connectivity index is 1.91. The molecule has 0 unspecified atom stereocenters. The SMILES string of the molecule is CC(=O)Nc1cc(NC(=O)c2ccc3c(c2)S(=O)(=O)N(C(C)C)C3=O)ccc1F. The second kappa shape index (κ2) is 7.28. The molecule has 0 fully saturated rings. The van der Waals surface area contributed by atoms with Gasteiger partial charge in [0.05, 0.1) is 11.3 Å². The van der Waals surface area contributed by atoms with Gasteiger partial charge in [0.2, 0.25) is 5.91 Å². The molecule has 0 spiro atoms. The lowest BCUT2D eigenvalue weighted by atomic mass is 10.1. The topological polar surface area (TPSA) is 113 Å². The first-order valence-electron chi connectivity index (χ1n) is 8.63. The smallest absolute Gasteiger partial charge is 0.269 e. The van der Waals surface area contributed by atoms with Crippen molar-refractivity contribution in [3.8, 4) is 0 Å². The first-order chi connectivity index (χ1) is 13.5. The molecule has 1 aliphatic rings. The van der Waals surface area contributed by atoms with E-state index in [4.69, 9.17) is 0 Å². The molecule has 1 aliphatic heterocycles. The number of hydrogen-bond donors (Lipinski definition) is 2. The molecule has 0 saturated carbocycles. The third-order valence-corrected chi connectivity index (χ3v) is 6.21. The van der Waals surface area contributed by atoms with E-state index in [1.165, 1.54) is 31.2 Å². The fourth-order valence-electron chi connectivity index (χ4n) is 2.99. The Labute approximate surface area is 166 Å². The van der Waals surface area contributed by atoms with Crippen molar-refractivity contribution in [2.75, 3.05) is 10.6 Å². The molecule has 29 heavy (non-hydrogen) atoms. The van der Waals surface area contributed by atoms with E-state index in [-0.39, 0.29) is 27.4 Å². The van der Waals surface area contributed by atoms with Crippen LogP contribution in [-0.4, -0.2) is 36.5 Å². The van der Waals surface area contributed by atoms with Crippen LogP contribution in [0, 0.1) is 5.82 Å². The van der Waals surface area contributed by atoms with Gasteiger partial charge in [0.1, 0.15) is 10.7 Å². The van der Waals surface area contributed by atoms with E-state index < -0.39 is 39.6 Å². The lowest BCUT2D eigenvalue weighted by Crippen LogP contribution is -2.36.